The minimum absolute atomic E-state index is 0.0688. The van der Waals surface area contributed by atoms with Gasteiger partial charge in [0, 0.05) is 29.4 Å². The monoisotopic (exact) mass is 323 g/mol. The summed E-state index contributed by atoms with van der Waals surface area (Å²) < 4.78 is 41.1. The van der Waals surface area contributed by atoms with E-state index in [9.17, 15) is 17.6 Å². The van der Waals surface area contributed by atoms with Gasteiger partial charge in [0.05, 0.1) is 11.5 Å². The van der Waals surface area contributed by atoms with E-state index in [1.54, 1.807) is 0 Å². The first-order valence-electron chi connectivity index (χ1n) is 5.88. The average Bonchev–Trinajstić information content (AvgIpc) is 2.35. The zero-order valence-corrected chi connectivity index (χ0v) is 12.6. The summed E-state index contributed by atoms with van der Waals surface area (Å²) in [6, 6.07) is 1.76. The third-order valence-corrected chi connectivity index (χ3v) is 4.02. The van der Waals surface area contributed by atoms with Gasteiger partial charge in [0.1, 0.15) is 5.82 Å². The van der Waals surface area contributed by atoms with Gasteiger partial charge in [-0.05, 0) is 31.5 Å². The molecule has 0 spiro atoms. The van der Waals surface area contributed by atoms with Gasteiger partial charge in [-0.1, -0.05) is 0 Å². The summed E-state index contributed by atoms with van der Waals surface area (Å²) in [5, 5.41) is 2.51. The van der Waals surface area contributed by atoms with Crippen LogP contribution in [0.2, 0.25) is 0 Å². The summed E-state index contributed by atoms with van der Waals surface area (Å²) in [6.45, 7) is 4.29. The fraction of sp³-hybridized carbons (Fsp3) is 0.417. The Bertz CT molecular complexity index is 604. The molecular weight excluding hydrogens is 309 g/mol. The number of ether oxygens (including phenoxy) is 1. The molecule has 0 aliphatic carbocycles. The molecule has 0 heterocycles. The number of halogens is 2. The molecule has 1 N–H and O–H groups in total. The van der Waals surface area contributed by atoms with Crippen LogP contribution in [-0.4, -0.2) is 34.1 Å². The van der Waals surface area contributed by atoms with E-state index in [2.05, 4.69) is 5.32 Å². The van der Waals surface area contributed by atoms with E-state index < -0.39 is 25.7 Å². The molecule has 1 aromatic carbocycles. The van der Waals surface area contributed by atoms with Crippen LogP contribution in [0.15, 0.2) is 17.0 Å². The topological polar surface area (TPSA) is 72.5 Å². The highest BCUT2D eigenvalue weighted by atomic mass is 35.7. The van der Waals surface area contributed by atoms with Crippen molar-refractivity contribution < 1.29 is 22.3 Å². The molecule has 20 heavy (non-hydrogen) atoms. The Kier molecular flexibility index (Phi) is 5.91. The van der Waals surface area contributed by atoms with Crippen molar-refractivity contribution in [2.75, 3.05) is 19.8 Å². The van der Waals surface area contributed by atoms with Crippen LogP contribution in [0, 0.1) is 12.7 Å². The number of carbonyl (C=O) groups is 1. The van der Waals surface area contributed by atoms with Crippen LogP contribution in [0.5, 0.6) is 0 Å². The number of amides is 1. The molecule has 112 valence electrons. The van der Waals surface area contributed by atoms with E-state index >= 15 is 0 Å². The summed E-state index contributed by atoms with van der Waals surface area (Å²) in [5.41, 5.74) is 0.0380. The Morgan fingerprint density at radius 2 is 2.10 bits per heavy atom. The fourth-order valence-corrected chi connectivity index (χ4v) is 2.83. The number of hydrogen-bond donors (Lipinski definition) is 1. The van der Waals surface area contributed by atoms with Crippen molar-refractivity contribution in [1.82, 2.24) is 5.32 Å². The van der Waals surface area contributed by atoms with Crippen LogP contribution >= 0.6 is 10.7 Å². The Morgan fingerprint density at radius 1 is 1.45 bits per heavy atom. The minimum atomic E-state index is -4.11. The van der Waals surface area contributed by atoms with Crippen molar-refractivity contribution in [2.45, 2.75) is 18.7 Å². The maximum absolute atomic E-state index is 13.4. The van der Waals surface area contributed by atoms with Crippen molar-refractivity contribution in [2.24, 2.45) is 0 Å². The predicted octanol–water partition coefficient (Wildman–Crippen LogP) is 1.83. The summed E-state index contributed by atoms with van der Waals surface area (Å²) in [5.74, 6) is -1.42. The van der Waals surface area contributed by atoms with E-state index in [-0.39, 0.29) is 17.7 Å². The Labute approximate surface area is 121 Å². The highest BCUT2D eigenvalue weighted by Gasteiger charge is 2.20. The smallest absolute Gasteiger partial charge is 0.261 e. The summed E-state index contributed by atoms with van der Waals surface area (Å²) in [7, 11) is 1.10. The van der Waals surface area contributed by atoms with Gasteiger partial charge in [0.2, 0.25) is 0 Å². The van der Waals surface area contributed by atoms with E-state index in [1.165, 1.54) is 6.92 Å². The molecule has 0 radical (unpaired) electrons. The van der Waals surface area contributed by atoms with Crippen LogP contribution in [0.4, 0.5) is 4.39 Å². The highest BCUT2D eigenvalue weighted by Crippen LogP contribution is 2.24. The predicted molar refractivity (Wildman–Crippen MR) is 73.0 cm³/mol. The van der Waals surface area contributed by atoms with Crippen LogP contribution in [0.1, 0.15) is 22.8 Å². The zero-order chi connectivity index (χ0) is 15.3. The van der Waals surface area contributed by atoms with Crippen molar-refractivity contribution in [3.63, 3.8) is 0 Å². The van der Waals surface area contributed by atoms with Crippen molar-refractivity contribution in [1.29, 1.82) is 0 Å². The normalized spacial score (nSPS) is 11.4. The van der Waals surface area contributed by atoms with Gasteiger partial charge in [-0.25, -0.2) is 12.8 Å². The van der Waals surface area contributed by atoms with Crippen LogP contribution in [0.3, 0.4) is 0 Å². The maximum atomic E-state index is 13.4. The summed E-state index contributed by atoms with van der Waals surface area (Å²) in [6.07, 6.45) is 0. The van der Waals surface area contributed by atoms with Crippen molar-refractivity contribution in [3.05, 3.63) is 29.1 Å². The van der Waals surface area contributed by atoms with Crippen LogP contribution in [0.25, 0.3) is 0 Å². The number of rotatable bonds is 6. The highest BCUT2D eigenvalue weighted by molar-refractivity contribution is 8.13. The maximum Gasteiger partial charge on any atom is 0.261 e. The first-order valence-corrected chi connectivity index (χ1v) is 8.19. The third-order valence-electron chi connectivity index (χ3n) is 2.57. The van der Waals surface area contributed by atoms with Gasteiger partial charge in [-0.2, -0.15) is 0 Å². The number of benzene rings is 1. The van der Waals surface area contributed by atoms with E-state index in [0.717, 1.165) is 12.1 Å². The standard InChI is InChI=1S/C12H15ClFNO4S/c1-3-19-5-4-15-12(16)10-6-9(14)7-11(8(10)2)20(13,17)18/h6-7H,3-5H2,1-2H3,(H,15,16). The molecule has 8 heteroatoms. The van der Waals surface area contributed by atoms with Crippen molar-refractivity contribution in [3.8, 4) is 0 Å². The molecule has 0 saturated heterocycles. The molecule has 5 nitrogen and oxygen atoms in total. The lowest BCUT2D eigenvalue weighted by atomic mass is 10.1. The second-order valence-electron chi connectivity index (χ2n) is 3.97. The van der Waals surface area contributed by atoms with Gasteiger partial charge in [0.15, 0.2) is 0 Å². The van der Waals surface area contributed by atoms with Gasteiger partial charge in [0.25, 0.3) is 15.0 Å². The Hall–Kier alpha value is -1.18. The molecule has 0 fully saturated rings. The van der Waals surface area contributed by atoms with Crippen LogP contribution in [-0.2, 0) is 13.8 Å². The zero-order valence-electron chi connectivity index (χ0n) is 11.1. The largest absolute Gasteiger partial charge is 0.380 e. The number of hydrogen-bond acceptors (Lipinski definition) is 4. The quantitative estimate of drug-likeness (QED) is 0.640. The molecular formula is C12H15ClFNO4S. The Morgan fingerprint density at radius 3 is 2.65 bits per heavy atom. The molecule has 0 atom stereocenters. The van der Waals surface area contributed by atoms with Crippen LogP contribution < -0.4 is 5.32 Å². The lowest BCUT2D eigenvalue weighted by Gasteiger charge is -2.10. The summed E-state index contributed by atoms with van der Waals surface area (Å²) in [4.78, 5) is 11.5. The van der Waals surface area contributed by atoms with Gasteiger partial charge >= 0.3 is 0 Å². The van der Waals surface area contributed by atoms with E-state index in [4.69, 9.17) is 15.4 Å². The molecule has 0 aliphatic rings. The first kappa shape index (κ1) is 16.9. The minimum Gasteiger partial charge on any atom is -0.380 e. The lowest BCUT2D eigenvalue weighted by molar-refractivity contribution is 0.0921. The molecule has 1 rings (SSSR count). The molecule has 1 aromatic rings. The fourth-order valence-electron chi connectivity index (χ4n) is 1.62. The molecule has 0 saturated carbocycles. The second-order valence-corrected chi connectivity index (χ2v) is 6.50. The van der Waals surface area contributed by atoms with Gasteiger partial charge in [-0.3, -0.25) is 4.79 Å². The Balaban J connectivity index is 3.01. The molecule has 0 aliphatic heterocycles. The lowest BCUT2D eigenvalue weighted by Crippen LogP contribution is -2.28. The summed E-state index contributed by atoms with van der Waals surface area (Å²) >= 11 is 0. The van der Waals surface area contributed by atoms with Gasteiger partial charge < -0.3 is 10.1 Å². The number of nitrogens with one attached hydrogen (secondary N) is 1. The first-order chi connectivity index (χ1) is 9.27. The molecule has 1 amide bonds. The molecule has 0 unspecified atom stereocenters. The second kappa shape index (κ2) is 7.01. The van der Waals surface area contributed by atoms with Crippen molar-refractivity contribution >= 4 is 25.6 Å². The van der Waals surface area contributed by atoms with E-state index in [1.807, 2.05) is 6.92 Å². The third kappa shape index (κ3) is 4.43. The number of carbonyl (C=O) groups excluding carboxylic acids is 1. The average molecular weight is 324 g/mol. The molecule has 0 aromatic heterocycles. The molecule has 0 bridgehead atoms. The van der Waals surface area contributed by atoms with E-state index in [0.29, 0.717) is 13.2 Å². The SMILES string of the molecule is CCOCCNC(=O)c1cc(F)cc(S(=O)(=O)Cl)c1C. The van der Waals surface area contributed by atoms with Gasteiger partial charge in [-0.15, -0.1) is 0 Å².